The molecule has 1 aliphatic heterocycles. The minimum absolute atomic E-state index is 0.0203. The first-order valence-electron chi connectivity index (χ1n) is 8.28. The molecule has 0 saturated heterocycles. The predicted molar refractivity (Wildman–Crippen MR) is 100 cm³/mol. The van der Waals surface area contributed by atoms with Crippen molar-refractivity contribution in [3.8, 4) is 0 Å². The van der Waals surface area contributed by atoms with E-state index in [1.165, 1.54) is 0 Å². The Hall–Kier alpha value is -2.86. The van der Waals surface area contributed by atoms with E-state index in [-0.39, 0.29) is 12.1 Å². The second-order valence-corrected chi connectivity index (χ2v) is 6.83. The first-order valence-corrected chi connectivity index (χ1v) is 8.66. The first kappa shape index (κ1) is 16.6. The van der Waals surface area contributed by atoms with Crippen LogP contribution in [0.3, 0.4) is 0 Å². The van der Waals surface area contributed by atoms with Crippen molar-refractivity contribution in [1.29, 1.82) is 0 Å². The molecule has 0 aliphatic carbocycles. The van der Waals surface area contributed by atoms with Gasteiger partial charge in [0.2, 0.25) is 0 Å². The summed E-state index contributed by atoms with van der Waals surface area (Å²) < 4.78 is 1.76. The van der Waals surface area contributed by atoms with E-state index in [0.29, 0.717) is 17.1 Å². The number of fused-ring (bicyclic) bond motifs is 1. The van der Waals surface area contributed by atoms with E-state index in [1.807, 2.05) is 66.7 Å². The third-order valence-electron chi connectivity index (χ3n) is 4.62. The van der Waals surface area contributed by atoms with Crippen molar-refractivity contribution in [2.24, 2.45) is 0 Å². The molecule has 0 bridgehead atoms. The Kier molecular flexibility index (Phi) is 4.12. The normalized spacial score (nSPS) is 16.7. The predicted octanol–water partition coefficient (Wildman–Crippen LogP) is 3.20. The average molecular weight is 368 g/mol. The number of aromatic nitrogens is 3. The average Bonchev–Trinajstić information content (AvgIpc) is 3.08. The molecule has 7 heteroatoms. The summed E-state index contributed by atoms with van der Waals surface area (Å²) in [5, 5.41) is 9.23. The fourth-order valence-electron chi connectivity index (χ4n) is 3.38. The van der Waals surface area contributed by atoms with Gasteiger partial charge >= 0.3 is 0 Å². The molecule has 2 heterocycles. The molecule has 6 nitrogen and oxygen atoms in total. The Morgan fingerprint density at radius 3 is 2.69 bits per heavy atom. The van der Waals surface area contributed by atoms with Gasteiger partial charge in [-0.05, 0) is 29.8 Å². The smallest absolute Gasteiger partial charge is 0.257 e. The number of benzene rings is 2. The molecule has 0 N–H and O–H groups in total. The van der Waals surface area contributed by atoms with Crippen molar-refractivity contribution >= 4 is 23.2 Å². The van der Waals surface area contributed by atoms with Crippen LogP contribution in [-0.2, 0) is 6.54 Å². The van der Waals surface area contributed by atoms with Crippen LogP contribution < -0.4 is 4.90 Å². The molecule has 2 aromatic carbocycles. The highest BCUT2D eigenvalue weighted by molar-refractivity contribution is 6.30. The highest BCUT2D eigenvalue weighted by Gasteiger charge is 2.35. The van der Waals surface area contributed by atoms with Crippen molar-refractivity contribution in [3.63, 3.8) is 0 Å². The summed E-state index contributed by atoms with van der Waals surface area (Å²) in [6, 6.07) is 15.2. The maximum Gasteiger partial charge on any atom is 0.257 e. The molecule has 0 radical (unpaired) electrons. The van der Waals surface area contributed by atoms with Crippen LogP contribution in [-0.4, -0.2) is 39.9 Å². The Morgan fingerprint density at radius 1 is 1.08 bits per heavy atom. The van der Waals surface area contributed by atoms with Gasteiger partial charge in [0.15, 0.2) is 6.17 Å². The van der Waals surface area contributed by atoms with Gasteiger partial charge in [0.25, 0.3) is 5.91 Å². The van der Waals surface area contributed by atoms with E-state index in [9.17, 15) is 4.79 Å². The largest absolute Gasteiger partial charge is 0.348 e. The van der Waals surface area contributed by atoms with Gasteiger partial charge in [0.05, 0.1) is 24.0 Å². The number of nitrogens with zero attached hydrogens (tertiary/aromatic N) is 5. The number of hydrogen-bond acceptors (Lipinski definition) is 4. The molecule has 1 aromatic heterocycles. The Balaban J connectivity index is 1.64. The number of halogens is 1. The Bertz CT molecular complexity index is 970. The van der Waals surface area contributed by atoms with Crippen LogP contribution in [0.1, 0.15) is 27.8 Å². The number of rotatable bonds is 3. The van der Waals surface area contributed by atoms with E-state index in [4.69, 9.17) is 11.6 Å². The van der Waals surface area contributed by atoms with Crippen LogP contribution >= 0.6 is 11.6 Å². The summed E-state index contributed by atoms with van der Waals surface area (Å²) in [6.45, 7) is 0.568. The highest BCUT2D eigenvalue weighted by atomic mass is 35.5. The van der Waals surface area contributed by atoms with Gasteiger partial charge < -0.3 is 9.80 Å². The fraction of sp³-hybridized carbons (Fsp3) is 0.211. The van der Waals surface area contributed by atoms with Crippen LogP contribution in [0.4, 0.5) is 5.69 Å². The lowest BCUT2D eigenvalue weighted by Gasteiger charge is -2.40. The number of hydrogen-bond donors (Lipinski definition) is 0. The molecule has 1 unspecified atom stereocenters. The van der Waals surface area contributed by atoms with Gasteiger partial charge in [0, 0.05) is 19.1 Å². The van der Waals surface area contributed by atoms with E-state index in [0.717, 1.165) is 16.9 Å². The third-order valence-corrected chi connectivity index (χ3v) is 4.86. The maximum absolute atomic E-state index is 12.7. The van der Waals surface area contributed by atoms with Gasteiger partial charge in [-0.25, -0.2) is 4.68 Å². The number of amides is 1. The number of carbonyl (C=O) groups is 1. The van der Waals surface area contributed by atoms with Gasteiger partial charge in [-0.2, -0.15) is 0 Å². The lowest BCUT2D eigenvalue weighted by Crippen LogP contribution is -2.45. The molecule has 26 heavy (non-hydrogen) atoms. The van der Waals surface area contributed by atoms with Crippen molar-refractivity contribution in [1.82, 2.24) is 19.9 Å². The summed E-state index contributed by atoms with van der Waals surface area (Å²) in [5.41, 5.74) is 3.35. The summed E-state index contributed by atoms with van der Waals surface area (Å²) in [5.74, 6) is -0.0203. The summed E-state index contributed by atoms with van der Waals surface area (Å²) in [6.07, 6.45) is 1.57. The zero-order chi connectivity index (χ0) is 18.3. The van der Waals surface area contributed by atoms with Crippen molar-refractivity contribution in [3.05, 3.63) is 76.6 Å². The summed E-state index contributed by atoms with van der Waals surface area (Å²) >= 11 is 6.04. The monoisotopic (exact) mass is 367 g/mol. The number of para-hydroxylation sites is 1. The van der Waals surface area contributed by atoms with Crippen LogP contribution in [0.5, 0.6) is 0 Å². The SMILES string of the molecule is CN1C(=O)c2ccccc2N(C)C1c1cn(Cc2cccc(Cl)c2)nn1. The quantitative estimate of drug-likeness (QED) is 0.713. The second kappa shape index (κ2) is 6.46. The molecule has 0 fully saturated rings. The summed E-state index contributed by atoms with van der Waals surface area (Å²) in [7, 11) is 3.75. The first-order chi connectivity index (χ1) is 12.5. The number of anilines is 1. The molecule has 1 amide bonds. The second-order valence-electron chi connectivity index (χ2n) is 6.39. The maximum atomic E-state index is 12.7. The Morgan fingerprint density at radius 2 is 1.88 bits per heavy atom. The standard InChI is InChI=1S/C19H18ClN5O/c1-23-17-9-4-3-8-15(17)19(26)24(2)18(23)16-12-25(22-21-16)11-13-6-5-7-14(20)10-13/h3-10,12,18H,11H2,1-2H3. The zero-order valence-electron chi connectivity index (χ0n) is 14.5. The molecule has 0 spiro atoms. The van der Waals surface area contributed by atoms with E-state index in [1.54, 1.807) is 16.6 Å². The molecular formula is C19H18ClN5O. The molecule has 4 rings (SSSR count). The summed E-state index contributed by atoms with van der Waals surface area (Å²) in [4.78, 5) is 16.4. The molecule has 1 atom stereocenters. The lowest BCUT2D eigenvalue weighted by atomic mass is 10.1. The molecule has 3 aromatic rings. The molecule has 1 aliphatic rings. The molecule has 0 saturated carbocycles. The van der Waals surface area contributed by atoms with Crippen LogP contribution in [0.15, 0.2) is 54.7 Å². The van der Waals surface area contributed by atoms with E-state index < -0.39 is 0 Å². The minimum Gasteiger partial charge on any atom is -0.348 e. The van der Waals surface area contributed by atoms with Crippen molar-refractivity contribution < 1.29 is 4.79 Å². The molecule has 132 valence electrons. The number of carbonyl (C=O) groups excluding carboxylic acids is 1. The third kappa shape index (κ3) is 2.82. The van der Waals surface area contributed by atoms with Gasteiger partial charge in [-0.3, -0.25) is 4.79 Å². The Labute approximate surface area is 156 Å². The zero-order valence-corrected chi connectivity index (χ0v) is 15.3. The van der Waals surface area contributed by atoms with Crippen molar-refractivity contribution in [2.75, 3.05) is 19.0 Å². The minimum atomic E-state index is -0.300. The van der Waals surface area contributed by atoms with Gasteiger partial charge in [-0.1, -0.05) is 41.1 Å². The van der Waals surface area contributed by atoms with Crippen LogP contribution in [0, 0.1) is 0 Å². The topological polar surface area (TPSA) is 54.3 Å². The highest BCUT2D eigenvalue weighted by Crippen LogP contribution is 2.35. The van der Waals surface area contributed by atoms with Gasteiger partial charge in [-0.15, -0.1) is 5.10 Å². The molecular weight excluding hydrogens is 350 g/mol. The van der Waals surface area contributed by atoms with Gasteiger partial charge in [0.1, 0.15) is 5.69 Å². The van der Waals surface area contributed by atoms with E-state index >= 15 is 0 Å². The van der Waals surface area contributed by atoms with E-state index in [2.05, 4.69) is 10.3 Å². The lowest BCUT2D eigenvalue weighted by molar-refractivity contribution is 0.0707. The van der Waals surface area contributed by atoms with Crippen LogP contribution in [0.25, 0.3) is 0 Å². The fourth-order valence-corrected chi connectivity index (χ4v) is 3.60. The van der Waals surface area contributed by atoms with Crippen molar-refractivity contribution in [2.45, 2.75) is 12.7 Å². The van der Waals surface area contributed by atoms with Crippen LogP contribution in [0.2, 0.25) is 5.02 Å².